The number of nitrogens with zero attached hydrogens (tertiary/aromatic N) is 4. The maximum atomic E-state index is 14.2. The molecule has 7 nitrogen and oxygen atoms in total. The highest BCUT2D eigenvalue weighted by Gasteiger charge is 2.24. The number of H-pyrrole nitrogens is 1. The van der Waals surface area contributed by atoms with Crippen LogP contribution in [0.3, 0.4) is 0 Å². The van der Waals surface area contributed by atoms with Crippen LogP contribution in [0.15, 0.2) is 75.0 Å². The first-order valence-corrected chi connectivity index (χ1v) is 10.8. The van der Waals surface area contributed by atoms with Crippen LogP contribution >= 0.6 is 23.2 Å². The summed E-state index contributed by atoms with van der Waals surface area (Å²) in [6.45, 7) is 2.03. The summed E-state index contributed by atoms with van der Waals surface area (Å²) in [5, 5.41) is 9.15. The fourth-order valence-electron chi connectivity index (χ4n) is 3.67. The van der Waals surface area contributed by atoms with Crippen molar-refractivity contribution in [2.45, 2.75) is 12.8 Å². The van der Waals surface area contributed by atoms with Gasteiger partial charge in [0.1, 0.15) is 5.82 Å². The molecule has 10 heteroatoms. The van der Waals surface area contributed by atoms with Crippen molar-refractivity contribution in [3.8, 4) is 28.5 Å². The number of rotatable bonds is 4. The molecular formula is C23H16Cl2FN5O2. The Morgan fingerprint density at radius 2 is 1.94 bits per heavy atom. The molecule has 5 rings (SSSR count). The zero-order chi connectivity index (χ0) is 23.1. The SMILES string of the molecule is CC1C=C(Cl)C=CC1c1noc(-c2ccc(-n3nc(-c4c(F)cccc4Cl)[nH]c3=O)cc2)n1. The minimum absolute atomic E-state index is 0.0319. The average Bonchev–Trinajstić information content (AvgIpc) is 3.41. The summed E-state index contributed by atoms with van der Waals surface area (Å²) in [4.78, 5) is 19.5. The van der Waals surface area contributed by atoms with Crippen molar-refractivity contribution in [3.05, 3.63) is 92.9 Å². The summed E-state index contributed by atoms with van der Waals surface area (Å²) in [7, 11) is 0. The molecule has 0 saturated carbocycles. The van der Waals surface area contributed by atoms with Gasteiger partial charge in [-0.25, -0.2) is 9.18 Å². The van der Waals surface area contributed by atoms with E-state index in [-0.39, 0.29) is 28.2 Å². The molecule has 2 atom stereocenters. The zero-order valence-electron chi connectivity index (χ0n) is 17.2. The molecule has 2 aromatic carbocycles. The molecule has 1 aliphatic carbocycles. The molecule has 166 valence electrons. The van der Waals surface area contributed by atoms with Gasteiger partial charge >= 0.3 is 5.69 Å². The van der Waals surface area contributed by atoms with Crippen molar-refractivity contribution in [3.63, 3.8) is 0 Å². The number of hydrogen-bond donors (Lipinski definition) is 1. The number of allylic oxidation sites excluding steroid dienone is 4. The Balaban J connectivity index is 1.41. The topological polar surface area (TPSA) is 89.6 Å². The van der Waals surface area contributed by atoms with Crippen LogP contribution < -0.4 is 5.69 Å². The van der Waals surface area contributed by atoms with E-state index in [4.69, 9.17) is 27.7 Å². The second-order valence-corrected chi connectivity index (χ2v) is 8.43. The average molecular weight is 484 g/mol. The number of hydrogen-bond acceptors (Lipinski definition) is 5. The zero-order valence-corrected chi connectivity index (χ0v) is 18.7. The predicted octanol–water partition coefficient (Wildman–Crippen LogP) is 5.48. The van der Waals surface area contributed by atoms with Crippen molar-refractivity contribution in [1.29, 1.82) is 0 Å². The smallest absolute Gasteiger partial charge is 0.334 e. The van der Waals surface area contributed by atoms with Gasteiger partial charge in [-0.15, -0.1) is 5.10 Å². The third-order valence-corrected chi connectivity index (χ3v) is 5.93. The van der Waals surface area contributed by atoms with Gasteiger partial charge in [0.2, 0.25) is 0 Å². The van der Waals surface area contributed by atoms with Gasteiger partial charge in [-0.3, -0.25) is 4.98 Å². The normalized spacial score (nSPS) is 17.9. The summed E-state index contributed by atoms with van der Waals surface area (Å²) < 4.78 is 20.8. The van der Waals surface area contributed by atoms with Crippen LogP contribution in [0, 0.1) is 11.7 Å². The largest absolute Gasteiger partial charge is 0.348 e. The second kappa shape index (κ2) is 8.46. The quantitative estimate of drug-likeness (QED) is 0.414. The molecule has 1 aliphatic rings. The van der Waals surface area contributed by atoms with Crippen molar-refractivity contribution in [2.24, 2.45) is 5.92 Å². The molecule has 33 heavy (non-hydrogen) atoms. The Morgan fingerprint density at radius 3 is 2.67 bits per heavy atom. The summed E-state index contributed by atoms with van der Waals surface area (Å²) >= 11 is 12.1. The fourth-order valence-corrected chi connectivity index (χ4v) is 4.20. The first kappa shape index (κ1) is 21.4. The maximum absolute atomic E-state index is 14.2. The van der Waals surface area contributed by atoms with Crippen LogP contribution in [-0.4, -0.2) is 24.9 Å². The fraction of sp³-hybridized carbons (Fsp3) is 0.130. The van der Waals surface area contributed by atoms with Gasteiger partial charge in [0, 0.05) is 16.5 Å². The Bertz CT molecular complexity index is 1430. The van der Waals surface area contributed by atoms with E-state index in [2.05, 4.69) is 20.2 Å². The number of aromatic amines is 1. The van der Waals surface area contributed by atoms with E-state index in [9.17, 15) is 9.18 Å². The summed E-state index contributed by atoms with van der Waals surface area (Å²) in [6.07, 6.45) is 5.72. The lowest BCUT2D eigenvalue weighted by atomic mass is 9.89. The molecule has 0 saturated heterocycles. The Labute approximate surface area is 197 Å². The molecule has 1 N–H and O–H groups in total. The molecular weight excluding hydrogens is 468 g/mol. The minimum atomic E-state index is -0.578. The van der Waals surface area contributed by atoms with Crippen molar-refractivity contribution in [1.82, 2.24) is 24.9 Å². The van der Waals surface area contributed by atoms with Gasteiger partial charge in [0.05, 0.1) is 16.3 Å². The number of aromatic nitrogens is 5. The first-order valence-electron chi connectivity index (χ1n) is 10.0. The van der Waals surface area contributed by atoms with Crippen LogP contribution in [0.2, 0.25) is 5.02 Å². The van der Waals surface area contributed by atoms with Crippen LogP contribution in [0.25, 0.3) is 28.5 Å². The summed E-state index contributed by atoms with van der Waals surface area (Å²) in [5.74, 6) is 0.483. The third-order valence-electron chi connectivity index (χ3n) is 5.37. The molecule has 0 aliphatic heterocycles. The second-order valence-electron chi connectivity index (χ2n) is 7.59. The molecule has 0 spiro atoms. The van der Waals surface area contributed by atoms with Gasteiger partial charge in [-0.05, 0) is 48.4 Å². The first-order chi connectivity index (χ1) is 15.9. The summed E-state index contributed by atoms with van der Waals surface area (Å²) in [6, 6.07) is 11.1. The minimum Gasteiger partial charge on any atom is -0.334 e. The standard InChI is InChI=1S/C23H16Cl2FN5O2/c1-12-11-14(24)7-10-16(12)20-27-22(33-30-20)13-5-8-15(9-6-13)31-23(32)28-21(29-31)19-17(25)3-2-4-18(19)26/h2-12,16H,1H3,(H,28,29,32). The predicted molar refractivity (Wildman–Crippen MR) is 123 cm³/mol. The van der Waals surface area contributed by atoms with E-state index >= 15 is 0 Å². The van der Waals surface area contributed by atoms with Gasteiger partial charge < -0.3 is 4.52 Å². The van der Waals surface area contributed by atoms with Crippen LogP contribution in [0.5, 0.6) is 0 Å². The van der Waals surface area contributed by atoms with Crippen LogP contribution in [-0.2, 0) is 0 Å². The third kappa shape index (κ3) is 4.03. The van der Waals surface area contributed by atoms with Crippen molar-refractivity contribution < 1.29 is 8.91 Å². The highest BCUT2D eigenvalue weighted by atomic mass is 35.5. The molecule has 2 heterocycles. The van der Waals surface area contributed by atoms with Gasteiger partial charge in [-0.2, -0.15) is 9.67 Å². The van der Waals surface area contributed by atoms with Gasteiger partial charge in [0.25, 0.3) is 5.89 Å². The maximum Gasteiger partial charge on any atom is 0.348 e. The van der Waals surface area contributed by atoms with E-state index < -0.39 is 11.5 Å². The lowest BCUT2D eigenvalue weighted by Gasteiger charge is -2.17. The van der Waals surface area contributed by atoms with Crippen LogP contribution in [0.1, 0.15) is 18.7 Å². The lowest BCUT2D eigenvalue weighted by Crippen LogP contribution is -2.15. The lowest BCUT2D eigenvalue weighted by molar-refractivity contribution is 0.414. The molecule has 0 amide bonds. The van der Waals surface area contributed by atoms with Crippen molar-refractivity contribution in [2.75, 3.05) is 0 Å². The Kier molecular flexibility index (Phi) is 5.47. The van der Waals surface area contributed by atoms with E-state index in [0.29, 0.717) is 28.0 Å². The Morgan fingerprint density at radius 1 is 1.15 bits per heavy atom. The van der Waals surface area contributed by atoms with Gasteiger partial charge in [-0.1, -0.05) is 53.5 Å². The van der Waals surface area contributed by atoms with E-state index in [1.807, 2.05) is 25.2 Å². The monoisotopic (exact) mass is 483 g/mol. The summed E-state index contributed by atoms with van der Waals surface area (Å²) in [5.41, 5.74) is 0.663. The van der Waals surface area contributed by atoms with E-state index in [1.54, 1.807) is 24.3 Å². The molecule has 0 radical (unpaired) electrons. The number of nitrogens with one attached hydrogen (secondary N) is 1. The highest BCUT2D eigenvalue weighted by molar-refractivity contribution is 6.33. The molecule has 0 fully saturated rings. The highest BCUT2D eigenvalue weighted by Crippen LogP contribution is 2.32. The van der Waals surface area contributed by atoms with Gasteiger partial charge in [0.15, 0.2) is 11.6 Å². The molecule has 4 aromatic rings. The molecule has 2 aromatic heterocycles. The molecule has 2 unspecified atom stereocenters. The number of benzene rings is 2. The van der Waals surface area contributed by atoms with E-state index in [0.717, 1.165) is 4.68 Å². The molecule has 0 bridgehead atoms. The van der Waals surface area contributed by atoms with Crippen LogP contribution in [0.4, 0.5) is 4.39 Å². The van der Waals surface area contributed by atoms with E-state index in [1.165, 1.54) is 18.2 Å². The Hall–Kier alpha value is -3.49. The number of halogens is 3. The van der Waals surface area contributed by atoms with Crippen molar-refractivity contribution >= 4 is 23.2 Å².